The molecule has 0 spiro atoms. The lowest BCUT2D eigenvalue weighted by molar-refractivity contribution is 0.0521. The molecule has 2 heterocycles. The fourth-order valence-electron chi connectivity index (χ4n) is 3.79. The van der Waals surface area contributed by atoms with E-state index in [0.717, 1.165) is 12.8 Å². The van der Waals surface area contributed by atoms with Gasteiger partial charge < -0.3 is 24.5 Å². The molecule has 2 N–H and O–H groups in total. The number of hydrogen-bond donors (Lipinski definition) is 2. The van der Waals surface area contributed by atoms with Crippen LogP contribution in [0.2, 0.25) is 0 Å². The molecule has 0 aliphatic carbocycles. The number of unbranched alkanes of at least 4 members (excludes halogenated alkanes) is 1. The maximum absolute atomic E-state index is 13.7. The van der Waals surface area contributed by atoms with Crippen molar-refractivity contribution in [3.63, 3.8) is 0 Å². The molecular weight excluding hydrogens is 494 g/mol. The van der Waals surface area contributed by atoms with Gasteiger partial charge in [0.15, 0.2) is 5.69 Å². The van der Waals surface area contributed by atoms with E-state index in [1.54, 1.807) is 43.5 Å². The molecule has 3 rings (SSSR count). The molecule has 9 nitrogen and oxygen atoms in total. The number of alkyl carbamates (subject to hydrolysis) is 1. The van der Waals surface area contributed by atoms with E-state index in [0.29, 0.717) is 45.9 Å². The Bertz CT molecular complexity index is 1340. The Hall–Kier alpha value is -3.40. The highest BCUT2D eigenvalue weighted by atomic mass is 32.1. The van der Waals surface area contributed by atoms with Crippen LogP contribution in [0.25, 0.3) is 21.3 Å². The lowest BCUT2D eigenvalue weighted by Gasteiger charge is -2.23. The van der Waals surface area contributed by atoms with Crippen LogP contribution >= 0.6 is 11.3 Å². The summed E-state index contributed by atoms with van der Waals surface area (Å²) in [7, 11) is 0. The van der Waals surface area contributed by atoms with Crippen molar-refractivity contribution >= 4 is 34.2 Å². The van der Waals surface area contributed by atoms with E-state index in [2.05, 4.69) is 17.2 Å². The number of carbonyl (C=O) groups excluding carboxylic acids is 1. The van der Waals surface area contributed by atoms with E-state index in [1.165, 1.54) is 16.7 Å². The number of fused-ring (bicyclic) bond motifs is 1. The zero-order chi connectivity index (χ0) is 27.3. The van der Waals surface area contributed by atoms with E-state index in [4.69, 9.17) is 9.47 Å². The van der Waals surface area contributed by atoms with Crippen LogP contribution in [0.1, 0.15) is 70.6 Å². The van der Waals surface area contributed by atoms with Gasteiger partial charge in [-0.05, 0) is 45.2 Å². The first-order valence-electron chi connectivity index (χ1n) is 12.4. The molecule has 1 aromatic carbocycles. The number of nitrogens with one attached hydrogen (secondary N) is 1. The van der Waals surface area contributed by atoms with Gasteiger partial charge in [-0.2, -0.15) is 0 Å². The number of pyridine rings is 1. The summed E-state index contributed by atoms with van der Waals surface area (Å²) in [5, 5.41) is 15.1. The van der Waals surface area contributed by atoms with Crippen molar-refractivity contribution in [2.24, 2.45) is 5.92 Å². The number of rotatable bonds is 10. The number of thiazole rings is 1. The minimum absolute atomic E-state index is 0.0332. The zero-order valence-corrected chi connectivity index (χ0v) is 23.0. The summed E-state index contributed by atoms with van der Waals surface area (Å²) >= 11 is 1.22. The van der Waals surface area contributed by atoms with Crippen LogP contribution in [0.5, 0.6) is 5.75 Å². The Morgan fingerprint density at radius 1 is 1.22 bits per heavy atom. The average molecular weight is 530 g/mol. The van der Waals surface area contributed by atoms with Gasteiger partial charge in [0.2, 0.25) is 0 Å². The number of aromatic carboxylic acids is 1. The van der Waals surface area contributed by atoms with Gasteiger partial charge in [0, 0.05) is 22.9 Å². The highest BCUT2D eigenvalue weighted by Crippen LogP contribution is 2.33. The molecule has 0 saturated heterocycles. The molecule has 0 fully saturated rings. The molecule has 0 unspecified atom stereocenters. The topological polar surface area (TPSA) is 120 Å². The Balaban J connectivity index is 2.19. The van der Waals surface area contributed by atoms with Crippen LogP contribution in [0.3, 0.4) is 0 Å². The van der Waals surface area contributed by atoms with E-state index < -0.39 is 17.7 Å². The number of nitrogens with zero attached hydrogens (tertiary/aromatic N) is 2. The molecule has 0 aliphatic rings. The van der Waals surface area contributed by atoms with Gasteiger partial charge >= 0.3 is 12.1 Å². The second kappa shape index (κ2) is 11.8. The van der Waals surface area contributed by atoms with E-state index in [-0.39, 0.29) is 23.7 Å². The van der Waals surface area contributed by atoms with Gasteiger partial charge in [0.25, 0.3) is 5.56 Å². The average Bonchev–Trinajstić information content (AvgIpc) is 3.30. The van der Waals surface area contributed by atoms with Crippen molar-refractivity contribution in [2.75, 3.05) is 6.61 Å². The van der Waals surface area contributed by atoms with Crippen LogP contribution in [0.4, 0.5) is 4.79 Å². The predicted octanol–water partition coefficient (Wildman–Crippen LogP) is 5.68. The summed E-state index contributed by atoms with van der Waals surface area (Å²) in [6, 6.07) is 5.30. The molecule has 1 amide bonds. The highest BCUT2D eigenvalue weighted by molar-refractivity contribution is 7.13. The molecule has 0 radical (unpaired) electrons. The molecule has 0 bridgehead atoms. The number of aromatic nitrogens is 2. The van der Waals surface area contributed by atoms with Crippen molar-refractivity contribution in [1.82, 2.24) is 14.9 Å². The van der Waals surface area contributed by atoms with Gasteiger partial charge in [0.1, 0.15) is 16.4 Å². The van der Waals surface area contributed by atoms with Crippen LogP contribution in [0, 0.1) is 5.92 Å². The van der Waals surface area contributed by atoms with Crippen molar-refractivity contribution in [2.45, 2.75) is 73.1 Å². The van der Waals surface area contributed by atoms with E-state index in [1.807, 2.05) is 13.8 Å². The molecule has 200 valence electrons. The lowest BCUT2D eigenvalue weighted by atomic mass is 10.0. The minimum atomic E-state index is -1.10. The number of amides is 1. The standard InChI is InChI=1S/C27H35N3O6S/c1-7-8-11-35-22-19-12-17(23-29-20(15-37-23)25(32)33)9-10-18(19)24(31)30(14-16(2)3)21(22)13-28-26(34)36-27(4,5)6/h9-10,12,15-16H,7-8,11,13-14H2,1-6H3,(H,28,34)(H,32,33). The zero-order valence-electron chi connectivity index (χ0n) is 22.2. The van der Waals surface area contributed by atoms with Gasteiger partial charge in [-0.1, -0.05) is 33.3 Å². The van der Waals surface area contributed by atoms with Crippen LogP contribution in [-0.4, -0.2) is 38.9 Å². The second-order valence-corrected chi connectivity index (χ2v) is 11.1. The summed E-state index contributed by atoms with van der Waals surface area (Å²) < 4.78 is 13.3. The summed E-state index contributed by atoms with van der Waals surface area (Å²) in [4.78, 5) is 41.7. The molecule has 2 aromatic heterocycles. The highest BCUT2D eigenvalue weighted by Gasteiger charge is 2.22. The first kappa shape index (κ1) is 28.2. The Labute approximate surface area is 220 Å². The summed E-state index contributed by atoms with van der Waals surface area (Å²) in [6.45, 7) is 12.4. The molecule has 10 heteroatoms. The van der Waals surface area contributed by atoms with E-state index in [9.17, 15) is 19.5 Å². The Morgan fingerprint density at radius 3 is 2.54 bits per heavy atom. The number of carboxylic acid groups (broad SMARTS) is 1. The van der Waals surface area contributed by atoms with Gasteiger partial charge in [-0.3, -0.25) is 4.79 Å². The van der Waals surface area contributed by atoms with Gasteiger partial charge in [0.05, 0.1) is 24.2 Å². The number of benzene rings is 1. The molecule has 3 aromatic rings. The lowest BCUT2D eigenvalue weighted by Crippen LogP contribution is -2.35. The van der Waals surface area contributed by atoms with E-state index >= 15 is 0 Å². The normalized spacial score (nSPS) is 11.6. The Kier molecular flexibility index (Phi) is 8.96. The predicted molar refractivity (Wildman–Crippen MR) is 145 cm³/mol. The quantitative estimate of drug-likeness (QED) is 0.324. The van der Waals surface area contributed by atoms with Crippen molar-refractivity contribution in [3.05, 3.63) is 45.3 Å². The third-order valence-electron chi connectivity index (χ3n) is 5.39. The van der Waals surface area contributed by atoms with Crippen molar-refractivity contribution in [3.8, 4) is 16.3 Å². The molecule has 37 heavy (non-hydrogen) atoms. The first-order chi connectivity index (χ1) is 17.4. The maximum Gasteiger partial charge on any atom is 0.407 e. The third-order valence-corrected chi connectivity index (χ3v) is 6.28. The molecule has 0 saturated carbocycles. The summed E-state index contributed by atoms with van der Waals surface area (Å²) in [5.41, 5.74) is 0.342. The van der Waals surface area contributed by atoms with Gasteiger partial charge in [-0.15, -0.1) is 11.3 Å². The summed E-state index contributed by atoms with van der Waals surface area (Å²) in [6.07, 6.45) is 1.16. The smallest absolute Gasteiger partial charge is 0.407 e. The minimum Gasteiger partial charge on any atom is -0.491 e. The van der Waals surface area contributed by atoms with Crippen LogP contribution in [0.15, 0.2) is 28.4 Å². The van der Waals surface area contributed by atoms with Crippen LogP contribution < -0.4 is 15.6 Å². The Morgan fingerprint density at radius 2 is 1.95 bits per heavy atom. The number of carboxylic acids is 1. The number of hydrogen-bond acceptors (Lipinski definition) is 7. The summed E-state index contributed by atoms with van der Waals surface area (Å²) in [5.74, 6) is -0.418. The first-order valence-corrected chi connectivity index (χ1v) is 13.3. The SMILES string of the molecule is CCCCOc1c(CNC(=O)OC(C)(C)C)n(CC(C)C)c(=O)c2ccc(-c3nc(C(=O)O)cs3)cc12. The second-order valence-electron chi connectivity index (χ2n) is 10.2. The molecule has 0 aliphatic heterocycles. The third kappa shape index (κ3) is 7.09. The van der Waals surface area contributed by atoms with Gasteiger partial charge in [-0.25, -0.2) is 14.6 Å². The molecular formula is C27H35N3O6S. The van der Waals surface area contributed by atoms with Crippen molar-refractivity contribution in [1.29, 1.82) is 0 Å². The largest absolute Gasteiger partial charge is 0.491 e. The number of carbonyl (C=O) groups is 2. The number of ether oxygens (including phenoxy) is 2. The van der Waals surface area contributed by atoms with Crippen LogP contribution in [-0.2, 0) is 17.8 Å². The molecule has 0 atom stereocenters. The van der Waals surface area contributed by atoms with Crippen molar-refractivity contribution < 1.29 is 24.2 Å². The maximum atomic E-state index is 13.7. The fraction of sp³-hybridized carbons (Fsp3) is 0.481. The monoisotopic (exact) mass is 529 g/mol. The fourth-order valence-corrected chi connectivity index (χ4v) is 4.58.